The molecule has 10 heteroatoms. The summed E-state index contributed by atoms with van der Waals surface area (Å²) in [6, 6.07) is 6.97. The number of carbonyl (C=O) groups is 3. The number of likely N-dealkylation sites (tertiary alicyclic amines) is 1. The van der Waals surface area contributed by atoms with Crippen molar-refractivity contribution in [1.29, 1.82) is 5.41 Å². The molecule has 1 saturated heterocycles. The van der Waals surface area contributed by atoms with E-state index in [1.165, 1.54) is 11.8 Å². The van der Waals surface area contributed by atoms with Gasteiger partial charge in [-0.05, 0) is 30.7 Å². The number of piperidine rings is 1. The van der Waals surface area contributed by atoms with Crippen LogP contribution in [-0.4, -0.2) is 64.6 Å². The van der Waals surface area contributed by atoms with E-state index in [4.69, 9.17) is 11.1 Å². The SMILES string of the molecule is CC(=O)N[C@@H](CC(C)C)C(=O)N[C@@H](Cc1ccccc1)C(=O)N[C@H]1CCCN(C(=N)N)C1O. The summed E-state index contributed by atoms with van der Waals surface area (Å²) in [6.07, 6.45) is 0.716. The lowest BCUT2D eigenvalue weighted by molar-refractivity contribution is -0.133. The van der Waals surface area contributed by atoms with Gasteiger partial charge in [0.2, 0.25) is 17.7 Å². The molecular formula is C23H36N6O4. The number of nitrogens with zero attached hydrogens (tertiary/aromatic N) is 1. The third-order valence-electron chi connectivity index (χ3n) is 5.55. The first kappa shape index (κ1) is 26.1. The van der Waals surface area contributed by atoms with Gasteiger partial charge < -0.3 is 31.7 Å². The van der Waals surface area contributed by atoms with E-state index in [1.54, 1.807) is 0 Å². The second kappa shape index (κ2) is 12.2. The highest BCUT2D eigenvalue weighted by Crippen LogP contribution is 2.16. The zero-order chi connectivity index (χ0) is 24.5. The first-order valence-electron chi connectivity index (χ1n) is 11.3. The summed E-state index contributed by atoms with van der Waals surface area (Å²) in [5, 5.41) is 26.4. The number of rotatable bonds is 9. The zero-order valence-electron chi connectivity index (χ0n) is 19.5. The molecule has 0 saturated carbocycles. The minimum atomic E-state index is -1.12. The Labute approximate surface area is 194 Å². The van der Waals surface area contributed by atoms with Gasteiger partial charge in [0, 0.05) is 19.9 Å². The van der Waals surface area contributed by atoms with Crippen molar-refractivity contribution in [3.05, 3.63) is 35.9 Å². The van der Waals surface area contributed by atoms with Gasteiger partial charge in [0.15, 0.2) is 5.96 Å². The molecule has 0 bridgehead atoms. The largest absolute Gasteiger partial charge is 0.371 e. The summed E-state index contributed by atoms with van der Waals surface area (Å²) >= 11 is 0. The van der Waals surface area contributed by atoms with Crippen molar-refractivity contribution < 1.29 is 19.5 Å². The molecule has 1 fully saturated rings. The molecular weight excluding hydrogens is 424 g/mol. The van der Waals surface area contributed by atoms with Crippen molar-refractivity contribution in [2.75, 3.05) is 6.54 Å². The number of benzene rings is 1. The van der Waals surface area contributed by atoms with Crippen molar-refractivity contribution in [2.24, 2.45) is 11.7 Å². The minimum Gasteiger partial charge on any atom is -0.371 e. The maximum atomic E-state index is 13.2. The summed E-state index contributed by atoms with van der Waals surface area (Å²) in [7, 11) is 0. The van der Waals surface area contributed by atoms with Crippen molar-refractivity contribution in [3.63, 3.8) is 0 Å². The second-order valence-corrected chi connectivity index (χ2v) is 8.88. The monoisotopic (exact) mass is 460 g/mol. The van der Waals surface area contributed by atoms with Crippen LogP contribution in [0.3, 0.4) is 0 Å². The predicted molar refractivity (Wildman–Crippen MR) is 125 cm³/mol. The summed E-state index contributed by atoms with van der Waals surface area (Å²) in [5.41, 5.74) is 6.39. The lowest BCUT2D eigenvalue weighted by Gasteiger charge is -2.39. The van der Waals surface area contributed by atoms with Crippen LogP contribution in [0.5, 0.6) is 0 Å². The Morgan fingerprint density at radius 2 is 1.82 bits per heavy atom. The van der Waals surface area contributed by atoms with Crippen molar-refractivity contribution >= 4 is 23.7 Å². The number of carbonyl (C=O) groups excluding carboxylic acids is 3. The van der Waals surface area contributed by atoms with Gasteiger partial charge in [-0.15, -0.1) is 0 Å². The van der Waals surface area contributed by atoms with Gasteiger partial charge in [0.05, 0.1) is 6.04 Å². The Balaban J connectivity index is 2.18. The summed E-state index contributed by atoms with van der Waals surface area (Å²) in [6.45, 7) is 5.67. The molecule has 1 aromatic carbocycles. The molecule has 2 rings (SSSR count). The number of guanidine groups is 1. The Morgan fingerprint density at radius 1 is 1.15 bits per heavy atom. The van der Waals surface area contributed by atoms with Gasteiger partial charge in [0.1, 0.15) is 18.3 Å². The van der Waals surface area contributed by atoms with E-state index in [2.05, 4.69) is 16.0 Å². The first-order valence-corrected chi connectivity index (χ1v) is 11.3. The van der Waals surface area contributed by atoms with Crippen molar-refractivity contribution in [2.45, 2.75) is 70.8 Å². The quantitative estimate of drug-likeness (QED) is 0.226. The number of aliphatic hydroxyl groups excluding tert-OH is 1. The highest BCUT2D eigenvalue weighted by Gasteiger charge is 2.34. The molecule has 1 aliphatic heterocycles. The van der Waals surface area contributed by atoms with Crippen LogP contribution in [0.25, 0.3) is 0 Å². The van der Waals surface area contributed by atoms with Gasteiger partial charge >= 0.3 is 0 Å². The van der Waals surface area contributed by atoms with Crippen LogP contribution in [0.15, 0.2) is 30.3 Å². The third-order valence-corrected chi connectivity index (χ3v) is 5.55. The second-order valence-electron chi connectivity index (χ2n) is 8.88. The third kappa shape index (κ3) is 8.05. The number of nitrogens with one attached hydrogen (secondary N) is 4. The first-order chi connectivity index (χ1) is 15.6. The Bertz CT molecular complexity index is 832. The fourth-order valence-corrected chi connectivity index (χ4v) is 3.95. The molecule has 0 spiro atoms. The molecule has 0 aromatic heterocycles. The predicted octanol–water partition coefficient (Wildman–Crippen LogP) is 0.0572. The average molecular weight is 461 g/mol. The van der Waals surface area contributed by atoms with E-state index in [1.807, 2.05) is 44.2 Å². The van der Waals surface area contributed by atoms with E-state index in [0.717, 1.165) is 5.56 Å². The number of aliphatic hydroxyl groups is 1. The van der Waals surface area contributed by atoms with Crippen LogP contribution < -0.4 is 21.7 Å². The van der Waals surface area contributed by atoms with Crippen LogP contribution in [0.1, 0.15) is 45.6 Å². The summed E-state index contributed by atoms with van der Waals surface area (Å²) in [4.78, 5) is 39.2. The van der Waals surface area contributed by atoms with E-state index < -0.39 is 36.2 Å². The topological polar surface area (TPSA) is 161 Å². The summed E-state index contributed by atoms with van der Waals surface area (Å²) in [5.74, 6) is -1.32. The average Bonchev–Trinajstić information content (AvgIpc) is 2.74. The molecule has 1 aromatic rings. The van der Waals surface area contributed by atoms with Gasteiger partial charge in [-0.3, -0.25) is 19.8 Å². The Morgan fingerprint density at radius 3 is 2.39 bits per heavy atom. The lowest BCUT2D eigenvalue weighted by atomic mass is 9.99. The molecule has 0 radical (unpaired) electrons. The molecule has 7 N–H and O–H groups in total. The zero-order valence-corrected chi connectivity index (χ0v) is 19.5. The molecule has 1 unspecified atom stereocenters. The summed E-state index contributed by atoms with van der Waals surface area (Å²) < 4.78 is 0. The van der Waals surface area contributed by atoms with Gasteiger partial charge in [0.25, 0.3) is 0 Å². The van der Waals surface area contributed by atoms with E-state index in [9.17, 15) is 19.5 Å². The Hall–Kier alpha value is -3.14. The normalized spacial score (nSPS) is 20.0. The molecule has 0 aliphatic carbocycles. The number of hydrogen-bond donors (Lipinski definition) is 6. The smallest absolute Gasteiger partial charge is 0.243 e. The minimum absolute atomic E-state index is 0.156. The maximum Gasteiger partial charge on any atom is 0.243 e. The van der Waals surface area contributed by atoms with Crippen LogP contribution in [0.2, 0.25) is 0 Å². The highest BCUT2D eigenvalue weighted by molar-refractivity contribution is 5.92. The van der Waals surface area contributed by atoms with Crippen LogP contribution >= 0.6 is 0 Å². The van der Waals surface area contributed by atoms with Crippen LogP contribution in [-0.2, 0) is 20.8 Å². The molecule has 1 heterocycles. The lowest BCUT2D eigenvalue weighted by Crippen LogP contribution is -2.61. The van der Waals surface area contributed by atoms with Crippen LogP contribution in [0.4, 0.5) is 0 Å². The van der Waals surface area contributed by atoms with E-state index in [0.29, 0.717) is 25.8 Å². The fraction of sp³-hybridized carbons (Fsp3) is 0.565. The molecule has 10 nitrogen and oxygen atoms in total. The number of amides is 3. The number of nitrogens with two attached hydrogens (primary N) is 1. The molecule has 4 atom stereocenters. The van der Waals surface area contributed by atoms with E-state index >= 15 is 0 Å². The molecule has 3 amide bonds. The van der Waals surface area contributed by atoms with Gasteiger partial charge in [-0.1, -0.05) is 44.2 Å². The van der Waals surface area contributed by atoms with Gasteiger partial charge in [-0.25, -0.2) is 0 Å². The molecule has 1 aliphatic rings. The molecule has 33 heavy (non-hydrogen) atoms. The van der Waals surface area contributed by atoms with Gasteiger partial charge in [-0.2, -0.15) is 0 Å². The van der Waals surface area contributed by atoms with Crippen molar-refractivity contribution in [1.82, 2.24) is 20.9 Å². The molecule has 182 valence electrons. The highest BCUT2D eigenvalue weighted by atomic mass is 16.3. The van der Waals surface area contributed by atoms with Crippen LogP contribution in [0, 0.1) is 11.3 Å². The van der Waals surface area contributed by atoms with E-state index in [-0.39, 0.29) is 24.2 Å². The number of hydrogen-bond acceptors (Lipinski definition) is 5. The van der Waals surface area contributed by atoms with Crippen molar-refractivity contribution in [3.8, 4) is 0 Å². The maximum absolute atomic E-state index is 13.2. The fourth-order valence-electron chi connectivity index (χ4n) is 3.95. The standard InChI is InChI=1S/C23H36N6O4/c1-14(2)12-18(26-15(3)30)20(31)28-19(13-16-8-5-4-6-9-16)21(32)27-17-10-7-11-29(22(17)33)23(24)25/h4-6,8-9,14,17-19,22,33H,7,10-13H2,1-3H3,(H3,24,25)(H,26,30)(H,27,32)(H,28,31)/t17-,18-,19-,22?/m0/s1. The Kier molecular flexibility index (Phi) is 9.65.